The second kappa shape index (κ2) is 11.4. The Morgan fingerprint density at radius 2 is 1.65 bits per heavy atom. The third-order valence-electron chi connectivity index (χ3n) is 12.6. The molecule has 5 rings (SSSR count). The number of aliphatic hydroxyl groups is 7. The SMILES string of the molecule is CC(C)(CCCC(C)(O)C1CCC2(O)C3=CC(=O)C4CC(O)CCC4(C)C3CCC12C)OC1OC(CO)C(O)C(O)C1O. The van der Waals surface area contributed by atoms with Crippen molar-refractivity contribution >= 4 is 5.78 Å². The Kier molecular flexibility index (Phi) is 8.85. The van der Waals surface area contributed by atoms with Crippen molar-refractivity contribution in [3.8, 4) is 0 Å². The topological polar surface area (TPSA) is 177 Å². The van der Waals surface area contributed by atoms with Gasteiger partial charge in [-0.3, -0.25) is 4.79 Å². The number of aliphatic hydroxyl groups excluding tert-OH is 5. The molecule has 4 fully saturated rings. The maximum absolute atomic E-state index is 13.4. The predicted octanol–water partition coefficient (Wildman–Crippen LogP) is 1.74. The van der Waals surface area contributed by atoms with Crippen LogP contribution in [-0.4, -0.2) is 102 Å². The van der Waals surface area contributed by atoms with Crippen LogP contribution >= 0.6 is 0 Å². The molecule has 0 radical (unpaired) electrons. The molecule has 0 bridgehead atoms. The molecule has 1 aliphatic heterocycles. The molecule has 1 saturated heterocycles. The van der Waals surface area contributed by atoms with Gasteiger partial charge in [0.15, 0.2) is 12.1 Å². The van der Waals surface area contributed by atoms with Crippen molar-refractivity contribution in [1.82, 2.24) is 0 Å². The first-order valence-electron chi connectivity index (χ1n) is 16.3. The standard InChI is InChI=1S/C33H54O10/c1-29(2,43-28-27(39)26(38)25(37)23(17-34)42-28)10-6-11-32(5,40)24-9-14-33(41)20-16-22(36)21-15-18(35)7-12-30(21,3)19(20)8-13-31(24,33)4/h16,18-19,21,23-28,34-35,37-41H,6-15,17H2,1-5H3. The van der Waals surface area contributed by atoms with Crippen LogP contribution in [0.5, 0.6) is 0 Å². The Morgan fingerprint density at radius 1 is 0.953 bits per heavy atom. The lowest BCUT2D eigenvalue weighted by Crippen LogP contribution is -2.60. The first-order valence-corrected chi connectivity index (χ1v) is 16.3. The van der Waals surface area contributed by atoms with Gasteiger partial charge in [0.2, 0.25) is 0 Å². The largest absolute Gasteiger partial charge is 0.394 e. The fourth-order valence-corrected chi connectivity index (χ4v) is 9.90. The maximum Gasteiger partial charge on any atom is 0.187 e. The molecule has 0 aromatic rings. The zero-order chi connectivity index (χ0) is 31.8. The Bertz CT molecular complexity index is 1090. The lowest BCUT2D eigenvalue weighted by Gasteiger charge is -2.60. The summed E-state index contributed by atoms with van der Waals surface area (Å²) >= 11 is 0. The highest BCUT2D eigenvalue weighted by Gasteiger charge is 2.68. The van der Waals surface area contributed by atoms with Gasteiger partial charge >= 0.3 is 0 Å². The fourth-order valence-electron chi connectivity index (χ4n) is 9.90. The molecular formula is C33H54O10. The summed E-state index contributed by atoms with van der Waals surface area (Å²) in [6.45, 7) is 9.20. The van der Waals surface area contributed by atoms with E-state index in [1.54, 1.807) is 6.08 Å². The average Bonchev–Trinajstić information content (AvgIpc) is 3.22. The number of carbonyl (C=O) groups excluding carboxylic acids is 1. The molecule has 0 spiro atoms. The quantitative estimate of drug-likeness (QED) is 0.214. The van der Waals surface area contributed by atoms with Crippen molar-refractivity contribution in [3.05, 3.63) is 11.6 Å². The van der Waals surface area contributed by atoms with Gasteiger partial charge in [0.1, 0.15) is 24.4 Å². The molecule has 13 unspecified atom stereocenters. The van der Waals surface area contributed by atoms with Crippen molar-refractivity contribution in [2.75, 3.05) is 6.61 Å². The molecule has 246 valence electrons. The third kappa shape index (κ3) is 5.46. The zero-order valence-corrected chi connectivity index (χ0v) is 26.4. The summed E-state index contributed by atoms with van der Waals surface area (Å²) in [6, 6.07) is 0. The van der Waals surface area contributed by atoms with Crippen LogP contribution in [0.1, 0.15) is 98.8 Å². The van der Waals surface area contributed by atoms with Crippen LogP contribution in [0, 0.1) is 28.6 Å². The maximum atomic E-state index is 13.4. The number of fused-ring (bicyclic) bond motifs is 5. The number of rotatable bonds is 8. The van der Waals surface area contributed by atoms with Gasteiger partial charge < -0.3 is 45.2 Å². The molecule has 43 heavy (non-hydrogen) atoms. The van der Waals surface area contributed by atoms with Gasteiger partial charge in [-0.15, -0.1) is 0 Å². The second-order valence-corrected chi connectivity index (χ2v) is 15.7. The van der Waals surface area contributed by atoms with Gasteiger partial charge in [0, 0.05) is 11.3 Å². The summed E-state index contributed by atoms with van der Waals surface area (Å²) in [4.78, 5) is 13.4. The molecule has 0 aromatic carbocycles. The molecule has 3 saturated carbocycles. The number of hydrogen-bond donors (Lipinski definition) is 7. The highest BCUT2D eigenvalue weighted by molar-refractivity contribution is 5.95. The molecule has 1 heterocycles. The van der Waals surface area contributed by atoms with E-state index >= 15 is 0 Å². The minimum atomic E-state index is -1.52. The van der Waals surface area contributed by atoms with E-state index < -0.39 is 65.6 Å². The number of hydrogen-bond acceptors (Lipinski definition) is 10. The summed E-state index contributed by atoms with van der Waals surface area (Å²) in [5.74, 6) is -0.297. The molecule has 10 heteroatoms. The highest BCUT2D eigenvalue weighted by atomic mass is 16.7. The van der Waals surface area contributed by atoms with Crippen LogP contribution in [0.4, 0.5) is 0 Å². The van der Waals surface area contributed by atoms with Crippen molar-refractivity contribution < 1.29 is 50.0 Å². The minimum Gasteiger partial charge on any atom is -0.394 e. The average molecular weight is 611 g/mol. The van der Waals surface area contributed by atoms with E-state index in [1.807, 2.05) is 20.8 Å². The highest BCUT2D eigenvalue weighted by Crippen LogP contribution is 2.68. The fraction of sp³-hybridized carbons (Fsp3) is 0.909. The Hall–Kier alpha value is -0.950. The van der Waals surface area contributed by atoms with Gasteiger partial charge in [-0.25, -0.2) is 0 Å². The molecule has 10 nitrogen and oxygen atoms in total. The van der Waals surface area contributed by atoms with Gasteiger partial charge in [-0.05, 0) is 114 Å². The van der Waals surface area contributed by atoms with Crippen LogP contribution in [-0.2, 0) is 14.3 Å². The first kappa shape index (κ1) is 33.4. The lowest BCUT2D eigenvalue weighted by molar-refractivity contribution is -0.323. The molecule has 4 aliphatic carbocycles. The van der Waals surface area contributed by atoms with Crippen molar-refractivity contribution in [2.45, 2.75) is 152 Å². The molecular weight excluding hydrogens is 556 g/mol. The van der Waals surface area contributed by atoms with E-state index in [0.717, 1.165) is 24.8 Å². The first-order chi connectivity index (χ1) is 19.9. The molecule has 5 aliphatic rings. The zero-order valence-electron chi connectivity index (χ0n) is 26.4. The third-order valence-corrected chi connectivity index (χ3v) is 12.6. The summed E-state index contributed by atoms with van der Waals surface area (Å²) in [6.07, 6.45) is 0.681. The van der Waals surface area contributed by atoms with E-state index in [4.69, 9.17) is 9.47 Å². The predicted molar refractivity (Wildman–Crippen MR) is 156 cm³/mol. The number of ketones is 1. The van der Waals surface area contributed by atoms with Gasteiger partial charge in [0.05, 0.1) is 29.5 Å². The van der Waals surface area contributed by atoms with Crippen LogP contribution in [0.3, 0.4) is 0 Å². The number of ether oxygens (including phenoxy) is 2. The monoisotopic (exact) mass is 610 g/mol. The van der Waals surface area contributed by atoms with Gasteiger partial charge in [0.25, 0.3) is 0 Å². The minimum absolute atomic E-state index is 0.0158. The lowest BCUT2D eigenvalue weighted by atomic mass is 9.46. The van der Waals surface area contributed by atoms with Crippen LogP contribution < -0.4 is 0 Å². The van der Waals surface area contributed by atoms with Crippen molar-refractivity contribution in [3.63, 3.8) is 0 Å². The Labute approximate surface area is 255 Å². The summed E-state index contributed by atoms with van der Waals surface area (Å²) < 4.78 is 11.5. The van der Waals surface area contributed by atoms with Crippen molar-refractivity contribution in [2.24, 2.45) is 28.6 Å². The Balaban J connectivity index is 1.26. The van der Waals surface area contributed by atoms with E-state index in [1.165, 1.54) is 0 Å². The summed E-state index contributed by atoms with van der Waals surface area (Å²) in [5, 5.41) is 74.7. The normalized spacial score (nSPS) is 48.1. The van der Waals surface area contributed by atoms with E-state index in [9.17, 15) is 40.5 Å². The molecule has 0 aromatic heterocycles. The second-order valence-electron chi connectivity index (χ2n) is 15.7. The summed E-state index contributed by atoms with van der Waals surface area (Å²) in [5.41, 5.74) is -3.10. The van der Waals surface area contributed by atoms with E-state index in [0.29, 0.717) is 44.9 Å². The van der Waals surface area contributed by atoms with Crippen LogP contribution in [0.15, 0.2) is 11.6 Å². The van der Waals surface area contributed by atoms with E-state index in [2.05, 4.69) is 13.8 Å². The summed E-state index contributed by atoms with van der Waals surface area (Å²) in [7, 11) is 0. The van der Waals surface area contributed by atoms with Gasteiger partial charge in [-0.2, -0.15) is 0 Å². The molecule has 0 amide bonds. The van der Waals surface area contributed by atoms with Crippen LogP contribution in [0.25, 0.3) is 0 Å². The van der Waals surface area contributed by atoms with Crippen molar-refractivity contribution in [1.29, 1.82) is 0 Å². The smallest absolute Gasteiger partial charge is 0.187 e. The number of carbonyl (C=O) groups is 1. The molecule has 7 N–H and O–H groups in total. The number of allylic oxidation sites excluding steroid dienone is 1. The van der Waals surface area contributed by atoms with Crippen LogP contribution in [0.2, 0.25) is 0 Å². The van der Waals surface area contributed by atoms with E-state index in [-0.39, 0.29) is 29.0 Å². The molecule has 13 atom stereocenters. The van der Waals surface area contributed by atoms with Gasteiger partial charge in [-0.1, -0.05) is 13.8 Å². The Morgan fingerprint density at radius 3 is 2.33 bits per heavy atom.